The van der Waals surface area contributed by atoms with Crippen molar-refractivity contribution < 1.29 is 9.53 Å². The minimum Gasteiger partial charge on any atom is -0.363 e. The summed E-state index contributed by atoms with van der Waals surface area (Å²) in [6.45, 7) is 2.59. The third kappa shape index (κ3) is 2.19. The van der Waals surface area contributed by atoms with Crippen LogP contribution >= 0.6 is 0 Å². The molecule has 2 aliphatic rings. The summed E-state index contributed by atoms with van der Waals surface area (Å²) in [4.78, 5) is 11.4. The number of carbonyl (C=O) groups excluding carboxylic acids is 1. The number of hydrogen-bond donors (Lipinski definition) is 2. The Morgan fingerprint density at radius 3 is 2.85 bits per heavy atom. The number of carbonyl (C=O) groups is 1. The summed E-state index contributed by atoms with van der Waals surface area (Å²) < 4.78 is 5.64. The molecule has 0 saturated carbocycles. The Labute approximate surface area is 78.0 Å². The number of nitrogens with one attached hydrogen (secondary N) is 2. The Kier molecular flexibility index (Phi) is 2.80. The molecule has 0 aromatic heterocycles. The van der Waals surface area contributed by atoms with Gasteiger partial charge < -0.3 is 15.4 Å². The fourth-order valence-corrected chi connectivity index (χ4v) is 1.63. The van der Waals surface area contributed by atoms with Crippen LogP contribution in [0.4, 0.5) is 0 Å². The van der Waals surface area contributed by atoms with Crippen molar-refractivity contribution in [1.82, 2.24) is 10.6 Å². The van der Waals surface area contributed by atoms with Crippen molar-refractivity contribution >= 4 is 5.91 Å². The molecular weight excluding hydrogens is 168 g/mol. The van der Waals surface area contributed by atoms with Crippen molar-refractivity contribution in [3.63, 3.8) is 0 Å². The Hall–Kier alpha value is -0.610. The molecule has 2 heterocycles. The highest BCUT2D eigenvalue weighted by Crippen LogP contribution is 2.12. The normalized spacial score (nSPS) is 30.5. The van der Waals surface area contributed by atoms with Crippen LogP contribution in [0.25, 0.3) is 0 Å². The smallest absolute Gasteiger partial charge is 0.249 e. The summed E-state index contributed by atoms with van der Waals surface area (Å²) in [7, 11) is 0. The SMILES string of the molecule is O=C1NCCCCC1OC1CNC1. The average molecular weight is 184 g/mol. The first-order chi connectivity index (χ1) is 6.36. The fourth-order valence-electron chi connectivity index (χ4n) is 1.63. The van der Waals surface area contributed by atoms with Gasteiger partial charge in [0.25, 0.3) is 0 Å². The van der Waals surface area contributed by atoms with Crippen molar-refractivity contribution in [2.75, 3.05) is 19.6 Å². The molecule has 0 aromatic rings. The first-order valence-electron chi connectivity index (χ1n) is 5.00. The quantitative estimate of drug-likeness (QED) is 0.616. The van der Waals surface area contributed by atoms with Crippen LogP contribution in [0.3, 0.4) is 0 Å². The van der Waals surface area contributed by atoms with Gasteiger partial charge in [-0.3, -0.25) is 4.79 Å². The highest BCUT2D eigenvalue weighted by atomic mass is 16.5. The van der Waals surface area contributed by atoms with E-state index in [0.29, 0.717) is 0 Å². The van der Waals surface area contributed by atoms with E-state index in [1.54, 1.807) is 0 Å². The molecule has 1 atom stereocenters. The van der Waals surface area contributed by atoms with Gasteiger partial charge in [-0.15, -0.1) is 0 Å². The van der Waals surface area contributed by atoms with Gasteiger partial charge in [-0.2, -0.15) is 0 Å². The molecule has 13 heavy (non-hydrogen) atoms. The minimum atomic E-state index is -0.199. The summed E-state index contributed by atoms with van der Waals surface area (Å²) in [5.41, 5.74) is 0. The summed E-state index contributed by atoms with van der Waals surface area (Å²) in [6, 6.07) is 0. The molecule has 4 heteroatoms. The predicted octanol–water partition coefficient (Wildman–Crippen LogP) is -0.356. The molecule has 2 rings (SSSR count). The van der Waals surface area contributed by atoms with E-state index in [9.17, 15) is 4.79 Å². The van der Waals surface area contributed by atoms with Crippen molar-refractivity contribution in [2.24, 2.45) is 0 Å². The third-order valence-electron chi connectivity index (χ3n) is 2.59. The molecule has 0 spiro atoms. The minimum absolute atomic E-state index is 0.0735. The van der Waals surface area contributed by atoms with Gasteiger partial charge in [0.1, 0.15) is 6.10 Å². The van der Waals surface area contributed by atoms with Gasteiger partial charge in [-0.1, -0.05) is 0 Å². The van der Waals surface area contributed by atoms with Crippen LogP contribution in [0, 0.1) is 0 Å². The van der Waals surface area contributed by atoms with Crippen molar-refractivity contribution in [3.05, 3.63) is 0 Å². The lowest BCUT2D eigenvalue weighted by atomic mass is 10.1. The molecule has 2 fully saturated rings. The first-order valence-corrected chi connectivity index (χ1v) is 5.00. The Morgan fingerprint density at radius 1 is 1.31 bits per heavy atom. The zero-order valence-corrected chi connectivity index (χ0v) is 7.71. The first kappa shape index (κ1) is 8.97. The number of amides is 1. The highest BCUT2D eigenvalue weighted by Gasteiger charge is 2.27. The fraction of sp³-hybridized carbons (Fsp3) is 0.889. The molecule has 0 bridgehead atoms. The molecule has 4 nitrogen and oxygen atoms in total. The molecule has 0 radical (unpaired) electrons. The van der Waals surface area contributed by atoms with Crippen molar-refractivity contribution in [2.45, 2.75) is 31.5 Å². The van der Waals surface area contributed by atoms with Gasteiger partial charge in [0.05, 0.1) is 6.10 Å². The van der Waals surface area contributed by atoms with Crippen molar-refractivity contribution in [1.29, 1.82) is 0 Å². The molecule has 74 valence electrons. The lowest BCUT2D eigenvalue weighted by Crippen LogP contribution is -2.51. The zero-order chi connectivity index (χ0) is 9.10. The van der Waals surface area contributed by atoms with Gasteiger partial charge in [-0.25, -0.2) is 0 Å². The second-order valence-electron chi connectivity index (χ2n) is 3.69. The van der Waals surface area contributed by atoms with Gasteiger partial charge in [0.15, 0.2) is 0 Å². The summed E-state index contributed by atoms with van der Waals surface area (Å²) >= 11 is 0. The largest absolute Gasteiger partial charge is 0.363 e. The Balaban J connectivity index is 1.83. The maximum Gasteiger partial charge on any atom is 0.249 e. The van der Waals surface area contributed by atoms with Gasteiger partial charge in [0.2, 0.25) is 5.91 Å². The maximum atomic E-state index is 11.4. The van der Waals surface area contributed by atoms with E-state index >= 15 is 0 Å². The van der Waals surface area contributed by atoms with E-state index in [0.717, 1.165) is 38.9 Å². The summed E-state index contributed by atoms with van der Waals surface area (Å²) in [5.74, 6) is 0.0735. The van der Waals surface area contributed by atoms with Crippen LogP contribution in [0.1, 0.15) is 19.3 Å². The average Bonchev–Trinajstić information content (AvgIpc) is 2.23. The second-order valence-corrected chi connectivity index (χ2v) is 3.69. The summed E-state index contributed by atoms with van der Waals surface area (Å²) in [5, 5.41) is 5.99. The van der Waals surface area contributed by atoms with E-state index in [1.165, 1.54) is 0 Å². The number of ether oxygens (including phenoxy) is 1. The van der Waals surface area contributed by atoms with Crippen LogP contribution in [-0.4, -0.2) is 37.7 Å². The topological polar surface area (TPSA) is 50.4 Å². The molecule has 2 saturated heterocycles. The summed E-state index contributed by atoms with van der Waals surface area (Å²) in [6.07, 6.45) is 3.10. The molecular formula is C9H16N2O2. The molecule has 1 unspecified atom stereocenters. The highest BCUT2D eigenvalue weighted by molar-refractivity contribution is 5.80. The molecule has 2 N–H and O–H groups in total. The zero-order valence-electron chi connectivity index (χ0n) is 7.71. The van der Waals surface area contributed by atoms with Gasteiger partial charge in [-0.05, 0) is 19.3 Å². The van der Waals surface area contributed by atoms with Gasteiger partial charge in [0, 0.05) is 19.6 Å². The molecule has 2 aliphatic heterocycles. The lowest BCUT2D eigenvalue weighted by Gasteiger charge is -2.30. The Bertz CT molecular complexity index is 192. The lowest BCUT2D eigenvalue weighted by molar-refractivity contribution is -0.138. The monoisotopic (exact) mass is 184 g/mol. The van der Waals surface area contributed by atoms with Crippen LogP contribution < -0.4 is 10.6 Å². The second kappa shape index (κ2) is 4.07. The van der Waals surface area contributed by atoms with E-state index in [1.807, 2.05) is 0 Å². The van der Waals surface area contributed by atoms with Crippen LogP contribution in [0.2, 0.25) is 0 Å². The molecule has 0 aliphatic carbocycles. The predicted molar refractivity (Wildman–Crippen MR) is 48.4 cm³/mol. The van der Waals surface area contributed by atoms with Crippen LogP contribution in [0.5, 0.6) is 0 Å². The molecule has 1 amide bonds. The van der Waals surface area contributed by atoms with Crippen LogP contribution in [-0.2, 0) is 9.53 Å². The standard InChI is InChI=1S/C9H16N2O2/c12-9-8(3-1-2-4-11-9)13-7-5-10-6-7/h7-8,10H,1-6H2,(H,11,12). The van der Waals surface area contributed by atoms with Gasteiger partial charge >= 0.3 is 0 Å². The number of hydrogen-bond acceptors (Lipinski definition) is 3. The van der Waals surface area contributed by atoms with Crippen LogP contribution in [0.15, 0.2) is 0 Å². The Morgan fingerprint density at radius 2 is 2.15 bits per heavy atom. The van der Waals surface area contributed by atoms with E-state index < -0.39 is 0 Å². The van der Waals surface area contributed by atoms with Crippen molar-refractivity contribution in [3.8, 4) is 0 Å². The number of rotatable bonds is 2. The molecule has 0 aromatic carbocycles. The van der Waals surface area contributed by atoms with E-state index in [4.69, 9.17) is 4.74 Å². The van der Waals surface area contributed by atoms with E-state index in [-0.39, 0.29) is 18.1 Å². The van der Waals surface area contributed by atoms with E-state index in [2.05, 4.69) is 10.6 Å². The maximum absolute atomic E-state index is 11.4. The third-order valence-corrected chi connectivity index (χ3v) is 2.59.